The van der Waals surface area contributed by atoms with E-state index in [0.717, 1.165) is 4.31 Å². The van der Waals surface area contributed by atoms with E-state index in [1.54, 1.807) is 17.6 Å². The summed E-state index contributed by atoms with van der Waals surface area (Å²) in [5.41, 5.74) is -0.0122. The Morgan fingerprint density at radius 1 is 1.22 bits per heavy atom. The van der Waals surface area contributed by atoms with E-state index in [1.807, 2.05) is 6.92 Å². The second-order valence-corrected chi connectivity index (χ2v) is 10.1. The fraction of sp³-hybridized carbons (Fsp3) is 0.500. The Bertz CT molecular complexity index is 1200. The normalized spacial score (nSPS) is 17.0. The minimum absolute atomic E-state index is 0.0142. The number of benzene rings is 1. The Kier molecular flexibility index (Phi) is 7.04. The highest BCUT2D eigenvalue weighted by Crippen LogP contribution is 2.22. The third-order valence-corrected chi connectivity index (χ3v) is 7.54. The lowest BCUT2D eigenvalue weighted by Crippen LogP contribution is -2.44. The molecule has 10 heteroatoms. The summed E-state index contributed by atoms with van der Waals surface area (Å²) in [4.78, 5) is 40.2. The van der Waals surface area contributed by atoms with E-state index in [-0.39, 0.29) is 35.0 Å². The molecule has 3 rings (SSSR count). The number of hydrogen-bond donors (Lipinski definition) is 0. The molecular weight excluding hydrogens is 434 g/mol. The molecule has 1 aromatic carbocycles. The fourth-order valence-electron chi connectivity index (χ4n) is 3.95. The average Bonchev–Trinajstić information content (AvgIpc) is 2.79. The van der Waals surface area contributed by atoms with Gasteiger partial charge in [0.2, 0.25) is 15.5 Å². The van der Waals surface area contributed by atoms with Gasteiger partial charge in [-0.15, -0.1) is 0 Å². The lowest BCUT2D eigenvalue weighted by atomic mass is 9.97. The summed E-state index contributed by atoms with van der Waals surface area (Å²) >= 11 is 0. The first kappa shape index (κ1) is 23.9. The maximum atomic E-state index is 13.3. The predicted octanol–water partition coefficient (Wildman–Crippen LogP) is 1.69. The number of likely N-dealkylation sites (tertiary alicyclic amines) is 1. The van der Waals surface area contributed by atoms with Crippen LogP contribution in [-0.4, -0.2) is 67.9 Å². The van der Waals surface area contributed by atoms with Crippen LogP contribution in [0.3, 0.4) is 0 Å². The number of aryl methyl sites for hydroxylation is 1. The molecule has 1 aliphatic heterocycles. The van der Waals surface area contributed by atoms with Gasteiger partial charge in [0.25, 0.3) is 5.91 Å². The van der Waals surface area contributed by atoms with Crippen molar-refractivity contribution in [1.29, 1.82) is 0 Å². The second-order valence-electron chi connectivity index (χ2n) is 7.97. The van der Waals surface area contributed by atoms with Crippen LogP contribution in [0.15, 0.2) is 34.1 Å². The molecular formula is C22H29N3O6S. The third kappa shape index (κ3) is 4.42. The first-order valence-corrected chi connectivity index (χ1v) is 12.1. The van der Waals surface area contributed by atoms with E-state index in [4.69, 9.17) is 4.74 Å². The molecule has 2 heterocycles. The Morgan fingerprint density at radius 3 is 2.56 bits per heavy atom. The SMILES string of the molecule is CCOC(=O)[C@@H]1CCCN(C(=O)c2cn(CC)c3ccc(S(=O)(=O)N(C)C)cc3c2=O)C1. The molecule has 32 heavy (non-hydrogen) atoms. The quantitative estimate of drug-likeness (QED) is 0.604. The zero-order valence-electron chi connectivity index (χ0n) is 18.8. The Labute approximate surface area is 187 Å². The number of rotatable bonds is 6. The molecule has 0 bridgehead atoms. The van der Waals surface area contributed by atoms with Crippen molar-refractivity contribution in [2.24, 2.45) is 5.92 Å². The van der Waals surface area contributed by atoms with Crippen molar-refractivity contribution in [2.75, 3.05) is 33.8 Å². The summed E-state index contributed by atoms with van der Waals surface area (Å²) < 4.78 is 33.0. The van der Waals surface area contributed by atoms with Crippen LogP contribution in [0, 0.1) is 5.92 Å². The van der Waals surface area contributed by atoms with Crippen LogP contribution in [0.4, 0.5) is 0 Å². The zero-order chi connectivity index (χ0) is 23.6. The summed E-state index contributed by atoms with van der Waals surface area (Å²) in [7, 11) is -0.909. The number of nitrogens with zero attached hydrogens (tertiary/aromatic N) is 3. The fourth-order valence-corrected chi connectivity index (χ4v) is 4.87. The largest absolute Gasteiger partial charge is 0.466 e. The minimum Gasteiger partial charge on any atom is -0.466 e. The van der Waals surface area contributed by atoms with Gasteiger partial charge in [0.05, 0.1) is 22.9 Å². The molecule has 1 aliphatic rings. The average molecular weight is 464 g/mol. The van der Waals surface area contributed by atoms with Gasteiger partial charge in [-0.05, 0) is 44.9 Å². The molecule has 174 valence electrons. The van der Waals surface area contributed by atoms with Crippen LogP contribution >= 0.6 is 0 Å². The molecule has 1 fully saturated rings. The van der Waals surface area contributed by atoms with Crippen molar-refractivity contribution in [3.8, 4) is 0 Å². The maximum absolute atomic E-state index is 13.3. The van der Waals surface area contributed by atoms with Gasteiger partial charge in [0, 0.05) is 45.3 Å². The van der Waals surface area contributed by atoms with Gasteiger partial charge in [-0.1, -0.05) is 0 Å². The number of pyridine rings is 1. The number of piperidine rings is 1. The van der Waals surface area contributed by atoms with Crippen LogP contribution in [-0.2, 0) is 26.1 Å². The van der Waals surface area contributed by atoms with Crippen molar-refractivity contribution >= 4 is 32.8 Å². The number of aromatic nitrogens is 1. The smallest absolute Gasteiger partial charge is 0.310 e. The number of esters is 1. The highest BCUT2D eigenvalue weighted by Gasteiger charge is 2.31. The highest BCUT2D eigenvalue weighted by molar-refractivity contribution is 7.89. The summed E-state index contributed by atoms with van der Waals surface area (Å²) in [5, 5.41) is 0.166. The number of ether oxygens (including phenoxy) is 1. The predicted molar refractivity (Wildman–Crippen MR) is 120 cm³/mol. The molecule has 0 radical (unpaired) electrons. The third-order valence-electron chi connectivity index (χ3n) is 5.73. The number of sulfonamides is 1. The van der Waals surface area contributed by atoms with Gasteiger partial charge in [-0.2, -0.15) is 0 Å². The molecule has 9 nitrogen and oxygen atoms in total. The number of carbonyl (C=O) groups is 2. The Balaban J connectivity index is 2.06. The molecule has 2 aromatic rings. The number of hydrogen-bond acceptors (Lipinski definition) is 6. The minimum atomic E-state index is -3.74. The van der Waals surface area contributed by atoms with E-state index in [2.05, 4.69) is 0 Å². The van der Waals surface area contributed by atoms with Crippen LogP contribution in [0.25, 0.3) is 10.9 Å². The molecule has 0 unspecified atom stereocenters. The van der Waals surface area contributed by atoms with Gasteiger partial charge >= 0.3 is 5.97 Å². The molecule has 0 N–H and O–H groups in total. The summed E-state index contributed by atoms with van der Waals surface area (Å²) in [6.07, 6.45) is 2.78. The summed E-state index contributed by atoms with van der Waals surface area (Å²) in [5.74, 6) is -1.22. The van der Waals surface area contributed by atoms with Gasteiger partial charge in [0.15, 0.2) is 0 Å². The van der Waals surface area contributed by atoms with Crippen molar-refractivity contribution < 1.29 is 22.7 Å². The van der Waals surface area contributed by atoms with Crippen molar-refractivity contribution in [1.82, 2.24) is 13.8 Å². The Hall–Kier alpha value is -2.72. The lowest BCUT2D eigenvalue weighted by molar-refractivity contribution is -0.149. The highest BCUT2D eigenvalue weighted by atomic mass is 32.2. The molecule has 0 saturated carbocycles. The van der Waals surface area contributed by atoms with Gasteiger partial charge in [-0.25, -0.2) is 12.7 Å². The molecule has 1 saturated heterocycles. The summed E-state index contributed by atoms with van der Waals surface area (Å²) in [6, 6.07) is 4.37. The van der Waals surface area contributed by atoms with E-state index >= 15 is 0 Å². The topological polar surface area (TPSA) is 106 Å². The maximum Gasteiger partial charge on any atom is 0.310 e. The first-order valence-electron chi connectivity index (χ1n) is 10.7. The molecule has 0 aliphatic carbocycles. The van der Waals surface area contributed by atoms with Gasteiger partial charge < -0.3 is 14.2 Å². The second kappa shape index (κ2) is 9.41. The lowest BCUT2D eigenvalue weighted by Gasteiger charge is -2.31. The van der Waals surface area contributed by atoms with E-state index < -0.39 is 27.3 Å². The molecule has 1 aromatic heterocycles. The number of carbonyl (C=O) groups excluding carboxylic acids is 2. The van der Waals surface area contributed by atoms with Crippen molar-refractivity contribution in [2.45, 2.75) is 38.1 Å². The van der Waals surface area contributed by atoms with Gasteiger partial charge in [-0.3, -0.25) is 14.4 Å². The first-order chi connectivity index (χ1) is 15.1. The summed E-state index contributed by atoms with van der Waals surface area (Å²) in [6.45, 7) is 5.00. The standard InChI is InChI=1S/C22H29N3O6S/c1-5-24-14-18(21(27)25-11-7-8-15(13-25)22(28)31-6-2)20(26)17-12-16(9-10-19(17)24)32(29,30)23(3)4/h9-10,12,14-15H,5-8,11,13H2,1-4H3/t15-/m1/s1. The van der Waals surface area contributed by atoms with Crippen LogP contribution in [0.2, 0.25) is 0 Å². The van der Waals surface area contributed by atoms with Crippen LogP contribution in [0.5, 0.6) is 0 Å². The molecule has 0 spiro atoms. The van der Waals surface area contributed by atoms with Crippen LogP contribution in [0.1, 0.15) is 37.0 Å². The Morgan fingerprint density at radius 2 is 1.94 bits per heavy atom. The monoisotopic (exact) mass is 463 g/mol. The molecule has 1 atom stereocenters. The van der Waals surface area contributed by atoms with E-state index in [9.17, 15) is 22.8 Å². The van der Waals surface area contributed by atoms with Gasteiger partial charge in [0.1, 0.15) is 5.56 Å². The van der Waals surface area contributed by atoms with Crippen molar-refractivity contribution in [3.05, 3.63) is 40.2 Å². The number of amides is 1. The molecule has 1 amide bonds. The number of fused-ring (bicyclic) bond motifs is 1. The zero-order valence-corrected chi connectivity index (χ0v) is 19.6. The van der Waals surface area contributed by atoms with E-state index in [1.165, 1.54) is 37.3 Å². The van der Waals surface area contributed by atoms with Crippen LogP contribution < -0.4 is 5.43 Å². The van der Waals surface area contributed by atoms with Crippen molar-refractivity contribution in [3.63, 3.8) is 0 Å². The van der Waals surface area contributed by atoms with E-state index in [0.29, 0.717) is 31.4 Å².